The van der Waals surface area contributed by atoms with Gasteiger partial charge in [-0.1, -0.05) is 29.3 Å². The second kappa shape index (κ2) is 10.5. The van der Waals surface area contributed by atoms with Crippen molar-refractivity contribution in [2.75, 3.05) is 19.1 Å². The van der Waals surface area contributed by atoms with Gasteiger partial charge in [-0.3, -0.25) is 24.6 Å². The van der Waals surface area contributed by atoms with Crippen molar-refractivity contribution >= 4 is 52.0 Å². The van der Waals surface area contributed by atoms with Gasteiger partial charge in [-0.2, -0.15) is 5.26 Å². The molecule has 0 radical (unpaired) electrons. The number of carbonyl (C=O) groups is 2. The lowest BCUT2D eigenvalue weighted by atomic mass is 9.94. The van der Waals surface area contributed by atoms with Crippen LogP contribution in [-0.2, 0) is 9.59 Å². The Kier molecular flexibility index (Phi) is 7.36. The molecule has 13 heteroatoms. The van der Waals surface area contributed by atoms with Crippen molar-refractivity contribution < 1.29 is 34.2 Å². The minimum absolute atomic E-state index is 0.0225. The molecule has 2 N–H and O–H groups in total. The van der Waals surface area contributed by atoms with Crippen LogP contribution in [0.15, 0.2) is 54.1 Å². The number of phenols is 1. The van der Waals surface area contributed by atoms with Gasteiger partial charge in [0.05, 0.1) is 53.0 Å². The summed E-state index contributed by atoms with van der Waals surface area (Å²) >= 11 is 12.6. The van der Waals surface area contributed by atoms with Crippen molar-refractivity contribution in [3.63, 3.8) is 0 Å². The molecular formula is C26H17Cl2N3O8. The lowest BCUT2D eigenvalue weighted by molar-refractivity contribution is -0.385. The van der Waals surface area contributed by atoms with Crippen molar-refractivity contribution in [3.05, 3.63) is 91.0 Å². The van der Waals surface area contributed by atoms with Gasteiger partial charge < -0.3 is 19.7 Å². The fraction of sp³-hybridized carbons (Fsp3) is 0.115. The molecule has 1 unspecified atom stereocenters. The zero-order chi connectivity index (χ0) is 28.6. The van der Waals surface area contributed by atoms with Crippen LogP contribution in [0.1, 0.15) is 22.7 Å². The Balaban J connectivity index is 2.05. The molecule has 1 fully saturated rings. The molecule has 1 aliphatic heterocycles. The van der Waals surface area contributed by atoms with Gasteiger partial charge in [0.25, 0.3) is 11.7 Å². The van der Waals surface area contributed by atoms with E-state index in [1.54, 1.807) is 0 Å². The number of nitro benzene ring substituents is 1. The molecule has 1 atom stereocenters. The number of benzene rings is 3. The number of rotatable bonds is 6. The Bertz CT molecular complexity index is 1610. The maximum Gasteiger partial charge on any atom is 0.311 e. The zero-order valence-electron chi connectivity index (χ0n) is 20.1. The molecule has 198 valence electrons. The van der Waals surface area contributed by atoms with Crippen LogP contribution < -0.4 is 14.4 Å². The molecule has 0 bridgehead atoms. The number of methoxy groups -OCH3 is 2. The number of nitrogens with zero attached hydrogens (tertiary/aromatic N) is 3. The summed E-state index contributed by atoms with van der Waals surface area (Å²) in [6.07, 6.45) is 0. The third-order valence-corrected chi connectivity index (χ3v) is 6.65. The third kappa shape index (κ3) is 4.56. The highest BCUT2D eigenvalue weighted by Crippen LogP contribution is 2.48. The molecule has 0 aromatic heterocycles. The molecule has 1 heterocycles. The number of nitro groups is 1. The number of nitriles is 1. The Morgan fingerprint density at radius 2 is 1.72 bits per heavy atom. The number of aromatic hydroxyl groups is 1. The van der Waals surface area contributed by atoms with Crippen LogP contribution in [0.2, 0.25) is 10.0 Å². The van der Waals surface area contributed by atoms with E-state index in [-0.39, 0.29) is 43.9 Å². The lowest BCUT2D eigenvalue weighted by Gasteiger charge is -2.25. The quantitative estimate of drug-likeness (QED) is 0.135. The van der Waals surface area contributed by atoms with Crippen molar-refractivity contribution in [2.24, 2.45) is 0 Å². The normalized spacial score (nSPS) is 16.2. The molecule has 1 aliphatic rings. The lowest BCUT2D eigenvalue weighted by Crippen LogP contribution is -2.29. The first kappa shape index (κ1) is 27.3. The van der Waals surface area contributed by atoms with Crippen molar-refractivity contribution in [1.82, 2.24) is 0 Å². The number of ketones is 1. The van der Waals surface area contributed by atoms with Crippen LogP contribution in [0.25, 0.3) is 5.76 Å². The molecule has 3 aromatic rings. The standard InChI is InChI=1S/C26H17Cl2N3O8/c1-38-24-15(10-16(27)25(39-2)20(24)28)22(33)19-21(13-5-8-18(32)17(9-13)31(36)37)30(26(35)23(19)34)14-6-3-12(11-29)4-7-14/h3-10,21,32-33H,1-2H3/b22-19+. The Morgan fingerprint density at radius 3 is 2.28 bits per heavy atom. The minimum atomic E-state index is -1.40. The summed E-state index contributed by atoms with van der Waals surface area (Å²) in [6, 6.07) is 10.7. The van der Waals surface area contributed by atoms with Gasteiger partial charge in [0.2, 0.25) is 0 Å². The average Bonchev–Trinajstić information content (AvgIpc) is 3.18. The van der Waals surface area contributed by atoms with Crippen molar-refractivity contribution in [2.45, 2.75) is 6.04 Å². The Hall–Kier alpha value is -4.79. The van der Waals surface area contributed by atoms with Gasteiger partial charge in [0.15, 0.2) is 17.2 Å². The van der Waals surface area contributed by atoms with Crippen molar-refractivity contribution in [1.29, 1.82) is 5.26 Å². The molecule has 0 aliphatic carbocycles. The third-order valence-electron chi connectivity index (χ3n) is 6.03. The molecule has 11 nitrogen and oxygen atoms in total. The number of anilines is 1. The number of hydrogen-bond donors (Lipinski definition) is 2. The van der Waals surface area contributed by atoms with E-state index >= 15 is 0 Å². The van der Waals surface area contributed by atoms with Gasteiger partial charge >= 0.3 is 5.69 Å². The Labute approximate surface area is 230 Å². The fourth-order valence-corrected chi connectivity index (χ4v) is 4.95. The first-order valence-corrected chi connectivity index (χ1v) is 11.7. The molecule has 1 saturated heterocycles. The van der Waals surface area contributed by atoms with E-state index in [4.69, 9.17) is 37.9 Å². The summed E-state index contributed by atoms with van der Waals surface area (Å²) in [5.41, 5.74) is -0.835. The van der Waals surface area contributed by atoms with Gasteiger partial charge in [0.1, 0.15) is 10.8 Å². The predicted octanol–water partition coefficient (Wildman–Crippen LogP) is 5.12. The molecule has 4 rings (SSSR count). The summed E-state index contributed by atoms with van der Waals surface area (Å²) in [4.78, 5) is 38.5. The minimum Gasteiger partial charge on any atom is -0.507 e. The van der Waals surface area contributed by atoms with E-state index in [1.807, 2.05) is 6.07 Å². The first-order valence-electron chi connectivity index (χ1n) is 10.9. The second-order valence-electron chi connectivity index (χ2n) is 8.12. The topological polar surface area (TPSA) is 163 Å². The van der Waals surface area contributed by atoms with E-state index in [2.05, 4.69) is 0 Å². The van der Waals surface area contributed by atoms with Gasteiger partial charge in [-0.15, -0.1) is 0 Å². The van der Waals surface area contributed by atoms with E-state index in [0.717, 1.165) is 17.0 Å². The van der Waals surface area contributed by atoms with E-state index in [9.17, 15) is 29.9 Å². The summed E-state index contributed by atoms with van der Waals surface area (Å²) in [5.74, 6) is -3.64. The number of carbonyl (C=O) groups excluding carboxylic acids is 2. The summed E-state index contributed by atoms with van der Waals surface area (Å²) in [7, 11) is 2.56. The number of ether oxygens (including phenoxy) is 2. The van der Waals surface area contributed by atoms with Crippen LogP contribution in [-0.4, -0.2) is 41.0 Å². The van der Waals surface area contributed by atoms with Gasteiger partial charge in [-0.05, 0) is 42.0 Å². The predicted molar refractivity (Wildman–Crippen MR) is 140 cm³/mol. The number of hydrogen-bond acceptors (Lipinski definition) is 9. The first-order chi connectivity index (χ1) is 18.5. The number of amides is 1. The molecular weight excluding hydrogens is 553 g/mol. The van der Waals surface area contributed by atoms with E-state index < -0.39 is 45.4 Å². The number of aliphatic hydroxyl groups excluding tert-OH is 1. The molecule has 1 amide bonds. The highest BCUT2D eigenvalue weighted by Gasteiger charge is 2.48. The number of aliphatic hydroxyl groups is 1. The summed E-state index contributed by atoms with van der Waals surface area (Å²) in [6.45, 7) is 0. The maximum atomic E-state index is 13.4. The monoisotopic (exact) mass is 569 g/mol. The number of Topliss-reactive ketones (excluding diaryl/α,β-unsaturated/α-hetero) is 1. The smallest absolute Gasteiger partial charge is 0.311 e. The fourth-order valence-electron chi connectivity index (χ4n) is 4.26. The molecule has 39 heavy (non-hydrogen) atoms. The van der Waals surface area contributed by atoms with Crippen LogP contribution in [0.4, 0.5) is 11.4 Å². The molecule has 0 saturated carbocycles. The van der Waals surface area contributed by atoms with Gasteiger partial charge in [0, 0.05) is 11.8 Å². The maximum absolute atomic E-state index is 13.4. The highest BCUT2D eigenvalue weighted by atomic mass is 35.5. The van der Waals surface area contributed by atoms with Crippen LogP contribution >= 0.6 is 23.2 Å². The molecule has 3 aromatic carbocycles. The second-order valence-corrected chi connectivity index (χ2v) is 8.90. The van der Waals surface area contributed by atoms with Crippen molar-refractivity contribution in [3.8, 4) is 23.3 Å². The van der Waals surface area contributed by atoms with E-state index in [1.165, 1.54) is 50.6 Å². The summed E-state index contributed by atoms with van der Waals surface area (Å²) < 4.78 is 10.5. The highest BCUT2D eigenvalue weighted by molar-refractivity contribution is 6.52. The molecule has 0 spiro atoms. The van der Waals surface area contributed by atoms with Gasteiger partial charge in [-0.25, -0.2) is 0 Å². The zero-order valence-corrected chi connectivity index (χ0v) is 21.6. The average molecular weight is 570 g/mol. The Morgan fingerprint density at radius 1 is 1.08 bits per heavy atom. The summed E-state index contributed by atoms with van der Waals surface area (Å²) in [5, 5.41) is 42.0. The van der Waals surface area contributed by atoms with Crippen LogP contribution in [0, 0.1) is 21.4 Å². The van der Waals surface area contributed by atoms with Crippen LogP contribution in [0.3, 0.4) is 0 Å². The number of phenolic OH excluding ortho intramolecular Hbond substituents is 1. The van der Waals surface area contributed by atoms with E-state index in [0.29, 0.717) is 0 Å². The van der Waals surface area contributed by atoms with Crippen LogP contribution in [0.5, 0.6) is 17.2 Å². The largest absolute Gasteiger partial charge is 0.507 e. The number of halogens is 2. The SMILES string of the molecule is COc1c(Cl)cc(/C(O)=C2\C(=O)C(=O)N(c3ccc(C#N)cc3)C2c2ccc(O)c([N+](=O)[O-])c2)c(OC)c1Cl.